The maximum Gasteiger partial charge on any atom is 0.252 e. The van der Waals surface area contributed by atoms with Gasteiger partial charge in [-0.25, -0.2) is 4.39 Å². The summed E-state index contributed by atoms with van der Waals surface area (Å²) in [6.07, 6.45) is -0.431. The van der Waals surface area contributed by atoms with Crippen molar-refractivity contribution in [2.45, 2.75) is 6.10 Å². The molecule has 0 unspecified atom stereocenters. The minimum atomic E-state index is -0.431. The second-order valence-electron chi connectivity index (χ2n) is 4.84. The van der Waals surface area contributed by atoms with E-state index in [1.165, 1.54) is 26.4 Å². The number of methoxy groups -OCH3 is 2. The summed E-state index contributed by atoms with van der Waals surface area (Å²) in [7, 11) is 3.05. The molecule has 0 aliphatic heterocycles. The van der Waals surface area contributed by atoms with Gasteiger partial charge in [-0.05, 0) is 51.8 Å². The lowest BCUT2D eigenvalue weighted by Gasteiger charge is -2.17. The summed E-state index contributed by atoms with van der Waals surface area (Å²) in [5, 5.41) is 2.79. The predicted molar refractivity (Wildman–Crippen MR) is 89.2 cm³/mol. The van der Waals surface area contributed by atoms with Crippen LogP contribution >= 0.6 is 15.9 Å². The van der Waals surface area contributed by atoms with E-state index in [1.54, 1.807) is 30.3 Å². The SMILES string of the molecule is COc1ccc(Br)c(C(=O)NC[C@@H](OC)c2cccc(F)c2)c1. The summed E-state index contributed by atoms with van der Waals surface area (Å²) in [5.41, 5.74) is 1.12. The van der Waals surface area contributed by atoms with Crippen LogP contribution in [-0.4, -0.2) is 26.7 Å². The first-order valence-electron chi connectivity index (χ1n) is 6.95. The van der Waals surface area contributed by atoms with Crippen molar-refractivity contribution in [1.82, 2.24) is 5.32 Å². The molecule has 1 atom stereocenters. The Bertz CT molecular complexity index is 693. The molecule has 0 radical (unpaired) electrons. The van der Waals surface area contributed by atoms with Gasteiger partial charge in [-0.15, -0.1) is 0 Å². The van der Waals surface area contributed by atoms with Gasteiger partial charge < -0.3 is 14.8 Å². The zero-order chi connectivity index (χ0) is 16.8. The van der Waals surface area contributed by atoms with Gasteiger partial charge in [0.15, 0.2) is 0 Å². The van der Waals surface area contributed by atoms with Gasteiger partial charge in [0.2, 0.25) is 0 Å². The minimum Gasteiger partial charge on any atom is -0.497 e. The normalized spacial score (nSPS) is 11.8. The number of carbonyl (C=O) groups is 1. The summed E-state index contributed by atoms with van der Waals surface area (Å²) >= 11 is 3.34. The van der Waals surface area contributed by atoms with E-state index >= 15 is 0 Å². The predicted octanol–water partition coefficient (Wildman–Crippen LogP) is 3.71. The third kappa shape index (κ3) is 4.53. The van der Waals surface area contributed by atoms with Crippen LogP contribution in [0.3, 0.4) is 0 Å². The Morgan fingerprint density at radius 1 is 1.26 bits per heavy atom. The first-order chi connectivity index (χ1) is 11.0. The van der Waals surface area contributed by atoms with Crippen molar-refractivity contribution >= 4 is 21.8 Å². The zero-order valence-corrected chi connectivity index (χ0v) is 14.4. The largest absolute Gasteiger partial charge is 0.497 e. The number of hydrogen-bond acceptors (Lipinski definition) is 3. The van der Waals surface area contributed by atoms with Gasteiger partial charge in [-0.2, -0.15) is 0 Å². The minimum absolute atomic E-state index is 0.225. The standard InChI is InChI=1S/C17H17BrFNO3/c1-22-13-6-7-15(18)14(9-13)17(21)20-10-16(23-2)11-4-3-5-12(19)8-11/h3-9,16H,10H2,1-2H3,(H,20,21)/t16-/m1/s1. The molecule has 0 aliphatic carbocycles. The molecule has 122 valence electrons. The number of hydrogen-bond donors (Lipinski definition) is 1. The number of ether oxygens (including phenoxy) is 2. The molecule has 0 fully saturated rings. The van der Waals surface area contributed by atoms with Gasteiger partial charge >= 0.3 is 0 Å². The van der Waals surface area contributed by atoms with Crippen molar-refractivity contribution in [2.24, 2.45) is 0 Å². The fourth-order valence-electron chi connectivity index (χ4n) is 2.13. The fourth-order valence-corrected chi connectivity index (χ4v) is 2.56. The molecular formula is C17H17BrFNO3. The Labute approximate surface area is 142 Å². The molecule has 6 heteroatoms. The van der Waals surface area contributed by atoms with Gasteiger partial charge in [0.05, 0.1) is 18.8 Å². The van der Waals surface area contributed by atoms with Crippen molar-refractivity contribution < 1.29 is 18.7 Å². The number of halogens is 2. The summed E-state index contributed by atoms with van der Waals surface area (Å²) in [5.74, 6) is -0.0209. The molecule has 1 N–H and O–H groups in total. The van der Waals surface area contributed by atoms with E-state index in [-0.39, 0.29) is 18.3 Å². The summed E-state index contributed by atoms with van der Waals surface area (Å²) in [4.78, 5) is 12.3. The third-order valence-corrected chi connectivity index (χ3v) is 4.06. The number of carbonyl (C=O) groups excluding carboxylic acids is 1. The molecule has 4 nitrogen and oxygen atoms in total. The molecule has 23 heavy (non-hydrogen) atoms. The fraction of sp³-hybridized carbons (Fsp3) is 0.235. The summed E-state index contributed by atoms with van der Waals surface area (Å²) in [6.45, 7) is 0.225. The van der Waals surface area contributed by atoms with Crippen molar-refractivity contribution in [1.29, 1.82) is 0 Å². The van der Waals surface area contributed by atoms with E-state index in [2.05, 4.69) is 21.2 Å². The van der Waals surface area contributed by atoms with Crippen LogP contribution in [0.1, 0.15) is 22.0 Å². The highest BCUT2D eigenvalue weighted by molar-refractivity contribution is 9.10. The monoisotopic (exact) mass is 381 g/mol. The van der Waals surface area contributed by atoms with Crippen LogP contribution < -0.4 is 10.1 Å². The highest BCUT2D eigenvalue weighted by Gasteiger charge is 2.16. The molecule has 0 heterocycles. The average Bonchev–Trinajstić information content (AvgIpc) is 2.55. The summed E-state index contributed by atoms with van der Waals surface area (Å²) < 4.78 is 24.4. The maximum atomic E-state index is 13.3. The highest BCUT2D eigenvalue weighted by Crippen LogP contribution is 2.23. The van der Waals surface area contributed by atoms with E-state index in [9.17, 15) is 9.18 Å². The van der Waals surface area contributed by atoms with Crippen LogP contribution in [0.15, 0.2) is 46.9 Å². The smallest absolute Gasteiger partial charge is 0.252 e. The topological polar surface area (TPSA) is 47.6 Å². The van der Waals surface area contributed by atoms with Crippen molar-refractivity contribution in [3.8, 4) is 5.75 Å². The molecule has 0 bridgehead atoms. The van der Waals surface area contributed by atoms with Crippen LogP contribution in [-0.2, 0) is 4.74 Å². The van der Waals surface area contributed by atoms with Gasteiger partial charge in [-0.3, -0.25) is 4.79 Å². The van der Waals surface area contributed by atoms with E-state index in [4.69, 9.17) is 9.47 Å². The average molecular weight is 382 g/mol. The molecule has 2 aromatic rings. The Morgan fingerprint density at radius 2 is 2.04 bits per heavy atom. The molecule has 2 rings (SSSR count). The molecule has 1 amide bonds. The van der Waals surface area contributed by atoms with Crippen molar-refractivity contribution in [2.75, 3.05) is 20.8 Å². The van der Waals surface area contributed by atoms with Crippen molar-refractivity contribution in [3.63, 3.8) is 0 Å². The van der Waals surface area contributed by atoms with E-state index in [0.717, 1.165) is 0 Å². The van der Waals surface area contributed by atoms with Crippen LogP contribution in [0.2, 0.25) is 0 Å². The molecular weight excluding hydrogens is 365 g/mol. The number of amides is 1. The lowest BCUT2D eigenvalue weighted by atomic mass is 10.1. The Balaban J connectivity index is 2.08. The zero-order valence-electron chi connectivity index (χ0n) is 12.8. The lowest BCUT2D eigenvalue weighted by molar-refractivity contribution is 0.0826. The summed E-state index contributed by atoms with van der Waals surface area (Å²) in [6, 6.07) is 11.3. The first-order valence-corrected chi connectivity index (χ1v) is 7.74. The first kappa shape index (κ1) is 17.4. The van der Waals surface area contributed by atoms with E-state index in [1.807, 2.05) is 0 Å². The Kier molecular flexibility index (Phi) is 6.12. The molecule has 0 saturated heterocycles. The Morgan fingerprint density at radius 3 is 2.70 bits per heavy atom. The molecule has 2 aromatic carbocycles. The van der Waals surface area contributed by atoms with Crippen LogP contribution in [0, 0.1) is 5.82 Å². The maximum absolute atomic E-state index is 13.3. The van der Waals surface area contributed by atoms with Crippen LogP contribution in [0.4, 0.5) is 4.39 Å². The van der Waals surface area contributed by atoms with Crippen molar-refractivity contribution in [3.05, 3.63) is 63.9 Å². The van der Waals surface area contributed by atoms with Crippen LogP contribution in [0.5, 0.6) is 5.75 Å². The molecule has 0 aromatic heterocycles. The number of rotatable bonds is 6. The van der Waals surface area contributed by atoms with Gasteiger partial charge in [0.1, 0.15) is 11.6 Å². The second kappa shape index (κ2) is 8.08. The second-order valence-corrected chi connectivity index (χ2v) is 5.69. The third-order valence-electron chi connectivity index (χ3n) is 3.37. The van der Waals surface area contributed by atoms with E-state index in [0.29, 0.717) is 21.3 Å². The molecule has 0 spiro atoms. The quantitative estimate of drug-likeness (QED) is 0.829. The highest BCUT2D eigenvalue weighted by atomic mass is 79.9. The number of nitrogens with one attached hydrogen (secondary N) is 1. The van der Waals surface area contributed by atoms with E-state index < -0.39 is 6.10 Å². The van der Waals surface area contributed by atoms with Gasteiger partial charge in [0, 0.05) is 18.1 Å². The van der Waals surface area contributed by atoms with Gasteiger partial charge in [-0.1, -0.05) is 12.1 Å². The molecule has 0 saturated carbocycles. The lowest BCUT2D eigenvalue weighted by Crippen LogP contribution is -2.29. The molecule has 0 aliphatic rings. The van der Waals surface area contributed by atoms with Crippen LogP contribution in [0.25, 0.3) is 0 Å². The Hall–Kier alpha value is -1.92. The van der Waals surface area contributed by atoms with Gasteiger partial charge in [0.25, 0.3) is 5.91 Å². The number of benzene rings is 2.